The summed E-state index contributed by atoms with van der Waals surface area (Å²) in [7, 11) is 0. The minimum absolute atomic E-state index is 0.0741. The number of hydrogen-bond donors (Lipinski definition) is 2. The average Bonchev–Trinajstić information content (AvgIpc) is 3.67. The second-order valence-electron chi connectivity index (χ2n) is 11.4. The monoisotopic (exact) mass is 636 g/mol. The van der Waals surface area contributed by atoms with Crippen LogP contribution in [0.4, 0.5) is 0 Å². The van der Waals surface area contributed by atoms with Crippen LogP contribution in [-0.4, -0.2) is 45.1 Å². The van der Waals surface area contributed by atoms with Gasteiger partial charge in [0.15, 0.2) is 5.71 Å². The van der Waals surface area contributed by atoms with Crippen molar-refractivity contribution in [3.05, 3.63) is 149 Å². The van der Waals surface area contributed by atoms with Crippen LogP contribution in [0.2, 0.25) is 0 Å². The van der Waals surface area contributed by atoms with Gasteiger partial charge < -0.3 is 19.4 Å². The molecule has 4 heterocycles. The third-order valence-corrected chi connectivity index (χ3v) is 8.02. The minimum Gasteiger partial charge on any atom is -0.508 e. The van der Waals surface area contributed by atoms with Crippen LogP contribution >= 0.6 is 0 Å². The molecule has 0 unspecified atom stereocenters. The fourth-order valence-electron chi connectivity index (χ4n) is 5.01. The Morgan fingerprint density at radius 2 is 1.08 bits per heavy atom. The summed E-state index contributed by atoms with van der Waals surface area (Å²) in [6.45, 7) is 10.2. The summed E-state index contributed by atoms with van der Waals surface area (Å²) in [5, 5.41) is 28.5. The SMILES string of the molecule is Cc1cc2ncn(Cc3ccncc3)c2cc1C.Cc1cc2ncn(Cc3ccncc3)c2cc1C.N#C/C(=N\O)c1ccc(O)cc1. The van der Waals surface area contributed by atoms with Gasteiger partial charge in [-0.1, -0.05) is 5.16 Å². The summed E-state index contributed by atoms with van der Waals surface area (Å²) in [5.74, 6) is 0.106. The molecule has 0 saturated heterocycles. The number of oxime groups is 1. The van der Waals surface area contributed by atoms with E-state index in [-0.39, 0.29) is 11.5 Å². The number of rotatable bonds is 5. The Labute approximate surface area is 279 Å². The Kier molecular flexibility index (Phi) is 10.5. The molecule has 7 aromatic rings. The maximum atomic E-state index is 8.90. The molecule has 0 saturated carbocycles. The molecule has 0 bridgehead atoms. The first kappa shape index (κ1) is 33.0. The molecule has 0 spiro atoms. The maximum absolute atomic E-state index is 8.90. The molecule has 240 valence electrons. The van der Waals surface area contributed by atoms with Crippen molar-refractivity contribution in [2.75, 3.05) is 0 Å². The summed E-state index contributed by atoms with van der Waals surface area (Å²) in [6, 6.07) is 24.4. The molecular formula is C38H36N8O2. The minimum atomic E-state index is -0.0741. The number of fused-ring (bicyclic) bond motifs is 2. The number of imidazole rings is 2. The first-order valence-electron chi connectivity index (χ1n) is 15.3. The van der Waals surface area contributed by atoms with E-state index in [2.05, 4.69) is 86.2 Å². The summed E-state index contributed by atoms with van der Waals surface area (Å²) in [6.07, 6.45) is 11.1. The van der Waals surface area contributed by atoms with Crippen molar-refractivity contribution in [2.45, 2.75) is 40.8 Å². The van der Waals surface area contributed by atoms with E-state index in [1.807, 2.05) is 61.7 Å². The van der Waals surface area contributed by atoms with E-state index in [0.717, 1.165) is 24.1 Å². The zero-order valence-corrected chi connectivity index (χ0v) is 27.3. The highest BCUT2D eigenvalue weighted by molar-refractivity contribution is 6.11. The lowest BCUT2D eigenvalue weighted by molar-refractivity contribution is 0.320. The van der Waals surface area contributed by atoms with Crippen molar-refractivity contribution in [2.24, 2.45) is 5.16 Å². The van der Waals surface area contributed by atoms with Crippen molar-refractivity contribution in [1.29, 1.82) is 5.26 Å². The first-order valence-corrected chi connectivity index (χ1v) is 15.3. The molecular weight excluding hydrogens is 600 g/mol. The largest absolute Gasteiger partial charge is 0.508 e. The number of nitrogens with zero attached hydrogens (tertiary/aromatic N) is 8. The molecule has 0 aliphatic heterocycles. The number of benzene rings is 3. The molecule has 10 heteroatoms. The van der Waals surface area contributed by atoms with Gasteiger partial charge in [0.25, 0.3) is 0 Å². The number of phenolic OH excluding ortho intramolecular Hbond substituents is 1. The van der Waals surface area contributed by atoms with Crippen LogP contribution in [0.15, 0.2) is 115 Å². The van der Waals surface area contributed by atoms with Gasteiger partial charge in [-0.05, 0) is 134 Å². The van der Waals surface area contributed by atoms with Crippen LogP contribution in [0.3, 0.4) is 0 Å². The third kappa shape index (κ3) is 8.08. The lowest BCUT2D eigenvalue weighted by atomic mass is 10.1. The summed E-state index contributed by atoms with van der Waals surface area (Å²) < 4.78 is 4.36. The van der Waals surface area contributed by atoms with Crippen LogP contribution in [0.5, 0.6) is 5.75 Å². The lowest BCUT2D eigenvalue weighted by Gasteiger charge is -2.06. The van der Waals surface area contributed by atoms with Crippen LogP contribution in [0.1, 0.15) is 38.9 Å². The predicted octanol–water partition coefficient (Wildman–Crippen LogP) is 7.29. The number of nitriles is 1. The molecule has 0 aliphatic rings. The van der Waals surface area contributed by atoms with Crippen molar-refractivity contribution in [1.82, 2.24) is 29.1 Å². The Morgan fingerprint density at radius 3 is 1.48 bits per heavy atom. The van der Waals surface area contributed by atoms with Crippen molar-refractivity contribution in [3.8, 4) is 11.8 Å². The lowest BCUT2D eigenvalue weighted by Crippen LogP contribution is -1.98. The molecule has 48 heavy (non-hydrogen) atoms. The molecule has 2 N–H and O–H groups in total. The van der Waals surface area contributed by atoms with Gasteiger partial charge in [-0.2, -0.15) is 5.26 Å². The van der Waals surface area contributed by atoms with Gasteiger partial charge >= 0.3 is 0 Å². The van der Waals surface area contributed by atoms with Gasteiger partial charge in [-0.3, -0.25) is 9.97 Å². The summed E-state index contributed by atoms with van der Waals surface area (Å²) in [4.78, 5) is 17.0. The van der Waals surface area contributed by atoms with Gasteiger partial charge in [0.1, 0.15) is 11.8 Å². The van der Waals surface area contributed by atoms with Crippen molar-refractivity contribution in [3.63, 3.8) is 0 Å². The molecule has 0 radical (unpaired) electrons. The standard InChI is InChI=1S/2C15H15N3.C8H6N2O2/c2*1-11-7-14-15(8-12(11)2)18(10-17-14)9-13-3-5-16-6-4-13;9-5-8(10-12)6-1-3-7(11)4-2-6/h2*3-8,10H,9H2,1-2H3;1-4,11-12H/b;;10-8+. The van der Waals surface area contributed by atoms with E-state index in [1.54, 1.807) is 6.07 Å². The van der Waals surface area contributed by atoms with Crippen LogP contribution < -0.4 is 0 Å². The van der Waals surface area contributed by atoms with E-state index in [4.69, 9.17) is 15.6 Å². The Hall–Kier alpha value is -6.34. The van der Waals surface area contributed by atoms with Crippen LogP contribution in [0.25, 0.3) is 22.1 Å². The zero-order chi connectivity index (χ0) is 34.0. The zero-order valence-electron chi connectivity index (χ0n) is 27.3. The smallest absolute Gasteiger partial charge is 0.186 e. The summed E-state index contributed by atoms with van der Waals surface area (Å²) in [5.41, 5.74) is 12.6. The quantitative estimate of drug-likeness (QED) is 0.115. The summed E-state index contributed by atoms with van der Waals surface area (Å²) >= 11 is 0. The van der Waals surface area contributed by atoms with Crippen molar-refractivity contribution < 1.29 is 10.3 Å². The molecule has 4 aromatic heterocycles. The Balaban J connectivity index is 0.000000144. The maximum Gasteiger partial charge on any atom is 0.186 e. The molecule has 0 amide bonds. The second-order valence-corrected chi connectivity index (χ2v) is 11.4. The van der Waals surface area contributed by atoms with Gasteiger partial charge in [0.2, 0.25) is 0 Å². The topological polar surface area (TPSA) is 138 Å². The number of aromatic nitrogens is 6. The molecule has 10 nitrogen and oxygen atoms in total. The molecule has 0 aliphatic carbocycles. The fraction of sp³-hybridized carbons (Fsp3) is 0.158. The van der Waals surface area contributed by atoms with Gasteiger partial charge in [-0.15, -0.1) is 0 Å². The van der Waals surface area contributed by atoms with E-state index in [1.165, 1.54) is 68.7 Å². The number of aromatic hydroxyl groups is 1. The van der Waals surface area contributed by atoms with Gasteiger partial charge in [-0.25, -0.2) is 9.97 Å². The van der Waals surface area contributed by atoms with E-state index in [9.17, 15) is 0 Å². The number of phenols is 1. The normalized spacial score (nSPS) is 10.9. The molecule has 3 aromatic carbocycles. The highest BCUT2D eigenvalue weighted by atomic mass is 16.4. The first-order chi connectivity index (χ1) is 23.2. The van der Waals surface area contributed by atoms with E-state index >= 15 is 0 Å². The van der Waals surface area contributed by atoms with Gasteiger partial charge in [0.05, 0.1) is 34.7 Å². The molecule has 0 atom stereocenters. The average molecular weight is 637 g/mol. The van der Waals surface area contributed by atoms with Crippen molar-refractivity contribution >= 4 is 27.8 Å². The number of pyridine rings is 2. The second kappa shape index (κ2) is 15.3. The number of hydrogen-bond acceptors (Lipinski definition) is 8. The predicted molar refractivity (Wildman–Crippen MR) is 187 cm³/mol. The third-order valence-electron chi connectivity index (χ3n) is 8.02. The number of aryl methyl sites for hydroxylation is 4. The van der Waals surface area contributed by atoms with Gasteiger partial charge in [0, 0.05) is 43.4 Å². The van der Waals surface area contributed by atoms with E-state index < -0.39 is 0 Å². The Bertz CT molecular complexity index is 2070. The molecule has 0 fully saturated rings. The fourth-order valence-corrected chi connectivity index (χ4v) is 5.01. The van der Waals surface area contributed by atoms with Crippen LogP contribution in [0, 0.1) is 39.0 Å². The van der Waals surface area contributed by atoms with E-state index in [0.29, 0.717) is 5.56 Å². The molecule has 7 rings (SSSR count). The van der Waals surface area contributed by atoms with Crippen LogP contribution in [-0.2, 0) is 13.1 Å². The Morgan fingerprint density at radius 1 is 0.667 bits per heavy atom. The highest BCUT2D eigenvalue weighted by Crippen LogP contribution is 2.20. The highest BCUT2D eigenvalue weighted by Gasteiger charge is 2.07.